The van der Waals surface area contributed by atoms with Gasteiger partial charge in [-0.2, -0.15) is 0 Å². The van der Waals surface area contributed by atoms with Crippen molar-refractivity contribution in [2.45, 2.75) is 19.8 Å². The van der Waals surface area contributed by atoms with Crippen molar-refractivity contribution in [3.63, 3.8) is 0 Å². The highest BCUT2D eigenvalue weighted by Gasteiger charge is 2.14. The van der Waals surface area contributed by atoms with Crippen molar-refractivity contribution >= 4 is 6.08 Å². The Morgan fingerprint density at radius 2 is 1.60 bits per heavy atom. The Hall–Kier alpha value is -1.44. The third-order valence-electron chi connectivity index (χ3n) is 2.38. The molecule has 0 radical (unpaired) electrons. The largest absolute Gasteiger partial charge is 0.496 e. The van der Waals surface area contributed by atoms with Gasteiger partial charge in [-0.3, -0.25) is 0 Å². The Balaban J connectivity index is 3.39. The number of methoxy groups -OCH3 is 2. The smallest absolute Gasteiger partial charge is 0.126 e. The van der Waals surface area contributed by atoms with E-state index in [9.17, 15) is 0 Å². The average Bonchev–Trinajstić information content (AvgIpc) is 2.26. The maximum absolute atomic E-state index is 5.36. The fourth-order valence-corrected chi connectivity index (χ4v) is 1.65. The minimum Gasteiger partial charge on any atom is -0.496 e. The molecule has 0 aliphatic rings. The van der Waals surface area contributed by atoms with Gasteiger partial charge in [0.05, 0.1) is 14.2 Å². The van der Waals surface area contributed by atoms with Crippen molar-refractivity contribution in [2.75, 3.05) is 14.2 Å². The fourth-order valence-electron chi connectivity index (χ4n) is 1.65. The summed E-state index contributed by atoms with van der Waals surface area (Å²) in [5.41, 5.74) is 2.11. The van der Waals surface area contributed by atoms with E-state index in [1.54, 1.807) is 20.3 Å². The molecule has 0 amide bonds. The van der Waals surface area contributed by atoms with E-state index in [1.165, 1.54) is 0 Å². The predicted molar refractivity (Wildman–Crippen MR) is 63.7 cm³/mol. The lowest BCUT2D eigenvalue weighted by Gasteiger charge is -2.16. The second-order valence-electron chi connectivity index (χ2n) is 3.70. The van der Waals surface area contributed by atoms with E-state index >= 15 is 0 Å². The van der Waals surface area contributed by atoms with Gasteiger partial charge in [-0.1, -0.05) is 26.5 Å². The number of rotatable bonds is 4. The van der Waals surface area contributed by atoms with Crippen LogP contribution in [0.3, 0.4) is 0 Å². The highest BCUT2D eigenvalue weighted by molar-refractivity contribution is 5.58. The van der Waals surface area contributed by atoms with Crippen molar-refractivity contribution in [1.29, 1.82) is 0 Å². The van der Waals surface area contributed by atoms with Gasteiger partial charge in [0.1, 0.15) is 11.5 Å². The standard InChI is InChI=1S/C13H18O2/c1-6-10-7-11(14-4)13(9(2)3)12(8-10)15-5/h6-9H,1H2,2-5H3. The number of ether oxygens (including phenoxy) is 2. The lowest BCUT2D eigenvalue weighted by Crippen LogP contribution is -1.99. The summed E-state index contributed by atoms with van der Waals surface area (Å²) in [6.07, 6.45) is 1.79. The van der Waals surface area contributed by atoms with Gasteiger partial charge in [-0.15, -0.1) is 0 Å². The molecule has 0 aromatic heterocycles. The fraction of sp³-hybridized carbons (Fsp3) is 0.385. The van der Waals surface area contributed by atoms with Crippen LogP contribution < -0.4 is 9.47 Å². The first kappa shape index (κ1) is 11.6. The Labute approximate surface area is 91.5 Å². The van der Waals surface area contributed by atoms with Crippen LogP contribution in [0.2, 0.25) is 0 Å². The molecule has 2 heteroatoms. The molecule has 0 saturated heterocycles. The van der Waals surface area contributed by atoms with Crippen LogP contribution in [0, 0.1) is 0 Å². The highest BCUT2D eigenvalue weighted by atomic mass is 16.5. The molecule has 0 N–H and O–H groups in total. The molecule has 0 heterocycles. The van der Waals surface area contributed by atoms with Gasteiger partial charge in [0.2, 0.25) is 0 Å². The van der Waals surface area contributed by atoms with Gasteiger partial charge in [0.25, 0.3) is 0 Å². The van der Waals surface area contributed by atoms with E-state index < -0.39 is 0 Å². The molecule has 1 aromatic carbocycles. The van der Waals surface area contributed by atoms with Crippen LogP contribution in [0.4, 0.5) is 0 Å². The van der Waals surface area contributed by atoms with Gasteiger partial charge in [0.15, 0.2) is 0 Å². The molecule has 15 heavy (non-hydrogen) atoms. The Bertz CT molecular complexity index is 329. The van der Waals surface area contributed by atoms with Crippen molar-refractivity contribution in [3.05, 3.63) is 29.8 Å². The Morgan fingerprint density at radius 1 is 1.13 bits per heavy atom. The number of hydrogen-bond donors (Lipinski definition) is 0. The van der Waals surface area contributed by atoms with Crippen LogP contribution >= 0.6 is 0 Å². The zero-order chi connectivity index (χ0) is 11.4. The molecule has 0 spiro atoms. The first-order valence-corrected chi connectivity index (χ1v) is 5.02. The van der Waals surface area contributed by atoms with E-state index in [4.69, 9.17) is 9.47 Å². The third-order valence-corrected chi connectivity index (χ3v) is 2.38. The van der Waals surface area contributed by atoms with Crippen LogP contribution in [-0.2, 0) is 0 Å². The topological polar surface area (TPSA) is 18.5 Å². The summed E-state index contributed by atoms with van der Waals surface area (Å²) in [6.45, 7) is 7.98. The van der Waals surface area contributed by atoms with Crippen molar-refractivity contribution in [1.82, 2.24) is 0 Å². The summed E-state index contributed by atoms with van der Waals surface area (Å²) in [7, 11) is 3.35. The quantitative estimate of drug-likeness (QED) is 0.751. The lowest BCUT2D eigenvalue weighted by molar-refractivity contribution is 0.382. The number of benzene rings is 1. The van der Waals surface area contributed by atoms with Crippen LogP contribution in [0.5, 0.6) is 11.5 Å². The van der Waals surface area contributed by atoms with Crippen molar-refractivity contribution in [3.8, 4) is 11.5 Å². The molecule has 1 aromatic rings. The van der Waals surface area contributed by atoms with E-state index in [0.717, 1.165) is 22.6 Å². The van der Waals surface area contributed by atoms with E-state index in [0.29, 0.717) is 5.92 Å². The van der Waals surface area contributed by atoms with Crippen molar-refractivity contribution in [2.24, 2.45) is 0 Å². The van der Waals surface area contributed by atoms with E-state index in [2.05, 4.69) is 20.4 Å². The zero-order valence-electron chi connectivity index (χ0n) is 9.83. The highest BCUT2D eigenvalue weighted by Crippen LogP contribution is 2.36. The van der Waals surface area contributed by atoms with Gasteiger partial charge in [-0.25, -0.2) is 0 Å². The molecule has 82 valence electrons. The maximum atomic E-state index is 5.36. The molecule has 0 unspecified atom stereocenters. The summed E-state index contributed by atoms with van der Waals surface area (Å²) in [5, 5.41) is 0. The van der Waals surface area contributed by atoms with Gasteiger partial charge in [-0.05, 0) is 23.6 Å². The molecule has 0 bridgehead atoms. The third kappa shape index (κ3) is 2.32. The summed E-state index contributed by atoms with van der Waals surface area (Å²) in [5.74, 6) is 2.09. The summed E-state index contributed by atoms with van der Waals surface area (Å²) in [4.78, 5) is 0. The first-order chi connectivity index (χ1) is 7.13. The van der Waals surface area contributed by atoms with E-state index in [1.807, 2.05) is 12.1 Å². The van der Waals surface area contributed by atoms with Gasteiger partial charge < -0.3 is 9.47 Å². The molecular weight excluding hydrogens is 188 g/mol. The van der Waals surface area contributed by atoms with Gasteiger partial charge >= 0.3 is 0 Å². The van der Waals surface area contributed by atoms with Crippen LogP contribution in [0.25, 0.3) is 6.08 Å². The zero-order valence-corrected chi connectivity index (χ0v) is 9.83. The van der Waals surface area contributed by atoms with Crippen LogP contribution in [-0.4, -0.2) is 14.2 Å². The minimum absolute atomic E-state index is 0.369. The molecule has 0 atom stereocenters. The first-order valence-electron chi connectivity index (χ1n) is 5.02. The Kier molecular flexibility index (Phi) is 3.78. The molecule has 0 saturated carbocycles. The SMILES string of the molecule is C=Cc1cc(OC)c(C(C)C)c(OC)c1. The predicted octanol–water partition coefficient (Wildman–Crippen LogP) is 3.47. The summed E-state index contributed by atoms with van der Waals surface area (Å²) >= 11 is 0. The monoisotopic (exact) mass is 206 g/mol. The Morgan fingerprint density at radius 3 is 1.87 bits per heavy atom. The minimum atomic E-state index is 0.369. The molecule has 0 aliphatic heterocycles. The maximum Gasteiger partial charge on any atom is 0.126 e. The molecule has 2 nitrogen and oxygen atoms in total. The molecule has 0 fully saturated rings. The summed E-state index contributed by atoms with van der Waals surface area (Å²) < 4.78 is 10.7. The summed E-state index contributed by atoms with van der Waals surface area (Å²) in [6, 6.07) is 3.95. The normalized spacial score (nSPS) is 10.2. The van der Waals surface area contributed by atoms with Crippen LogP contribution in [0.15, 0.2) is 18.7 Å². The average molecular weight is 206 g/mol. The van der Waals surface area contributed by atoms with Gasteiger partial charge in [0, 0.05) is 5.56 Å². The molecule has 1 rings (SSSR count). The lowest BCUT2D eigenvalue weighted by atomic mass is 9.98. The number of hydrogen-bond acceptors (Lipinski definition) is 2. The van der Waals surface area contributed by atoms with Crippen molar-refractivity contribution < 1.29 is 9.47 Å². The second-order valence-corrected chi connectivity index (χ2v) is 3.70. The molecule has 0 aliphatic carbocycles. The van der Waals surface area contributed by atoms with Crippen LogP contribution in [0.1, 0.15) is 30.9 Å². The second kappa shape index (κ2) is 4.87. The molecular formula is C13H18O2. The van der Waals surface area contributed by atoms with E-state index in [-0.39, 0.29) is 0 Å².